The van der Waals surface area contributed by atoms with Gasteiger partial charge in [0.2, 0.25) is 5.95 Å². The number of aliphatic imine (C=N–C) groups is 1. The molecule has 0 aliphatic carbocycles. The number of benzene rings is 1. The molecule has 2 heterocycles. The molecule has 152 valence electrons. The Hall–Kier alpha value is -3.14. The van der Waals surface area contributed by atoms with Crippen LogP contribution in [0, 0.1) is 18.3 Å². The van der Waals surface area contributed by atoms with Crippen molar-refractivity contribution in [1.29, 1.82) is 5.26 Å². The highest BCUT2D eigenvalue weighted by Gasteiger charge is 2.24. The first-order valence-electron chi connectivity index (χ1n) is 9.99. The van der Waals surface area contributed by atoms with Gasteiger partial charge < -0.3 is 10.2 Å². The Morgan fingerprint density at radius 3 is 2.93 bits per heavy atom. The maximum atomic E-state index is 13.3. The van der Waals surface area contributed by atoms with E-state index in [1.54, 1.807) is 16.8 Å². The minimum Gasteiger partial charge on any atom is -0.377 e. The first-order valence-corrected chi connectivity index (χ1v) is 9.99. The molecule has 1 aliphatic rings. The van der Waals surface area contributed by atoms with Crippen LogP contribution in [0.4, 0.5) is 11.6 Å². The molecule has 1 fully saturated rings. The van der Waals surface area contributed by atoms with Crippen LogP contribution < -0.4 is 15.8 Å². The van der Waals surface area contributed by atoms with E-state index in [2.05, 4.69) is 33.0 Å². The van der Waals surface area contributed by atoms with E-state index in [4.69, 9.17) is 0 Å². The molecule has 0 radical (unpaired) electrons. The molecule has 1 aromatic carbocycles. The molecular formula is C22H28N6O. The zero-order valence-corrected chi connectivity index (χ0v) is 17.4. The van der Waals surface area contributed by atoms with Crippen molar-refractivity contribution in [3.05, 3.63) is 51.4 Å². The van der Waals surface area contributed by atoms with Gasteiger partial charge in [-0.2, -0.15) is 5.26 Å². The Kier molecular flexibility index (Phi) is 6.32. The second-order valence-electron chi connectivity index (χ2n) is 7.86. The summed E-state index contributed by atoms with van der Waals surface area (Å²) >= 11 is 0. The van der Waals surface area contributed by atoms with Gasteiger partial charge in [-0.05, 0) is 52.0 Å². The summed E-state index contributed by atoms with van der Waals surface area (Å²) in [6, 6.07) is 8.16. The number of rotatable bonds is 6. The molecule has 1 atom stereocenters. The quantitative estimate of drug-likeness (QED) is 0.764. The standard InChI is InChI=1S/C22H28N6O/c1-15(2)26-20-12-25-22(27-9-5-6-19(14-27)24-4)28(21(20)29)13-18-10-16(3)7-8-17(18)11-23/h7-8,10,12,15,19,26H,4-6,9,13-14H2,1-3H3/t19-/m1/s1. The Labute approximate surface area is 171 Å². The zero-order valence-electron chi connectivity index (χ0n) is 17.4. The molecule has 3 rings (SSSR count). The monoisotopic (exact) mass is 392 g/mol. The lowest BCUT2D eigenvalue weighted by atomic mass is 10.0. The third kappa shape index (κ3) is 4.65. The molecule has 0 saturated carbocycles. The summed E-state index contributed by atoms with van der Waals surface area (Å²) in [6.45, 7) is 11.4. The van der Waals surface area contributed by atoms with Crippen molar-refractivity contribution in [2.45, 2.75) is 52.2 Å². The second kappa shape index (κ2) is 8.91. The summed E-state index contributed by atoms with van der Waals surface area (Å²) < 4.78 is 1.67. The van der Waals surface area contributed by atoms with Crippen LogP contribution in [-0.4, -0.2) is 41.4 Å². The molecule has 2 aromatic rings. The summed E-state index contributed by atoms with van der Waals surface area (Å²) in [6.07, 6.45) is 3.58. The zero-order chi connectivity index (χ0) is 21.0. The van der Waals surface area contributed by atoms with Gasteiger partial charge in [0.15, 0.2) is 0 Å². The van der Waals surface area contributed by atoms with Crippen molar-refractivity contribution in [3.8, 4) is 6.07 Å². The van der Waals surface area contributed by atoms with Gasteiger partial charge in [0.1, 0.15) is 5.69 Å². The van der Waals surface area contributed by atoms with Crippen LogP contribution in [0.2, 0.25) is 0 Å². The van der Waals surface area contributed by atoms with Crippen LogP contribution in [-0.2, 0) is 6.54 Å². The van der Waals surface area contributed by atoms with Gasteiger partial charge in [0, 0.05) is 19.1 Å². The summed E-state index contributed by atoms with van der Waals surface area (Å²) in [5, 5.41) is 12.7. The highest BCUT2D eigenvalue weighted by atomic mass is 16.1. The average molecular weight is 393 g/mol. The fraction of sp³-hybridized carbons (Fsp3) is 0.455. The molecule has 1 aromatic heterocycles. The lowest BCUT2D eigenvalue weighted by Crippen LogP contribution is -2.42. The number of anilines is 2. The fourth-order valence-electron chi connectivity index (χ4n) is 3.71. The van der Waals surface area contributed by atoms with E-state index in [1.807, 2.05) is 32.9 Å². The van der Waals surface area contributed by atoms with E-state index >= 15 is 0 Å². The predicted octanol–water partition coefficient (Wildman–Crippen LogP) is 2.96. The molecule has 1 N–H and O–H groups in total. The molecule has 0 spiro atoms. The van der Waals surface area contributed by atoms with Crippen LogP contribution >= 0.6 is 0 Å². The lowest BCUT2D eigenvalue weighted by Gasteiger charge is -2.33. The van der Waals surface area contributed by atoms with E-state index in [9.17, 15) is 10.1 Å². The summed E-state index contributed by atoms with van der Waals surface area (Å²) in [4.78, 5) is 24.3. The van der Waals surface area contributed by atoms with Gasteiger partial charge in [0.25, 0.3) is 5.56 Å². The third-order valence-corrected chi connectivity index (χ3v) is 5.12. The summed E-state index contributed by atoms with van der Waals surface area (Å²) in [7, 11) is 0. The lowest BCUT2D eigenvalue weighted by molar-refractivity contribution is 0.494. The predicted molar refractivity (Wildman–Crippen MR) is 117 cm³/mol. The Morgan fingerprint density at radius 2 is 2.24 bits per heavy atom. The molecule has 7 nitrogen and oxygen atoms in total. The van der Waals surface area contributed by atoms with E-state index < -0.39 is 0 Å². The van der Waals surface area contributed by atoms with E-state index in [-0.39, 0.29) is 17.6 Å². The average Bonchev–Trinajstić information content (AvgIpc) is 2.71. The topological polar surface area (TPSA) is 86.3 Å². The molecular weight excluding hydrogens is 364 g/mol. The SMILES string of the molecule is C=N[C@@H]1CCCN(c2ncc(NC(C)C)c(=O)n2Cc2cc(C)ccc2C#N)C1. The molecule has 29 heavy (non-hydrogen) atoms. The molecule has 1 saturated heterocycles. The van der Waals surface area contributed by atoms with E-state index in [0.29, 0.717) is 30.3 Å². The number of aryl methyl sites for hydroxylation is 1. The number of nitrogens with one attached hydrogen (secondary N) is 1. The van der Waals surface area contributed by atoms with Crippen molar-refractivity contribution >= 4 is 18.4 Å². The van der Waals surface area contributed by atoms with Gasteiger partial charge in [0.05, 0.1) is 30.4 Å². The third-order valence-electron chi connectivity index (χ3n) is 5.12. The van der Waals surface area contributed by atoms with Gasteiger partial charge in [-0.25, -0.2) is 4.98 Å². The van der Waals surface area contributed by atoms with Gasteiger partial charge >= 0.3 is 0 Å². The first-order chi connectivity index (χ1) is 13.9. The summed E-state index contributed by atoms with van der Waals surface area (Å²) in [5.41, 5.74) is 2.76. The minimum absolute atomic E-state index is 0.113. The van der Waals surface area contributed by atoms with Gasteiger partial charge in [-0.1, -0.05) is 17.7 Å². The van der Waals surface area contributed by atoms with E-state index in [1.165, 1.54) is 0 Å². The van der Waals surface area contributed by atoms with Crippen molar-refractivity contribution < 1.29 is 0 Å². The molecule has 0 unspecified atom stereocenters. The van der Waals surface area contributed by atoms with Gasteiger partial charge in [-0.3, -0.25) is 14.4 Å². The van der Waals surface area contributed by atoms with Crippen LogP contribution in [0.1, 0.15) is 43.4 Å². The Balaban J connectivity index is 2.09. The first kappa shape index (κ1) is 20.6. The van der Waals surface area contributed by atoms with Crippen molar-refractivity contribution in [1.82, 2.24) is 9.55 Å². The number of aromatic nitrogens is 2. The van der Waals surface area contributed by atoms with Crippen molar-refractivity contribution in [2.24, 2.45) is 4.99 Å². The molecule has 0 bridgehead atoms. The molecule has 1 aliphatic heterocycles. The van der Waals surface area contributed by atoms with Crippen molar-refractivity contribution in [2.75, 3.05) is 23.3 Å². The van der Waals surface area contributed by atoms with Crippen LogP contribution in [0.15, 0.2) is 34.2 Å². The maximum Gasteiger partial charge on any atom is 0.278 e. The number of hydrogen-bond donors (Lipinski definition) is 1. The van der Waals surface area contributed by atoms with Crippen LogP contribution in [0.5, 0.6) is 0 Å². The Morgan fingerprint density at radius 1 is 1.45 bits per heavy atom. The summed E-state index contributed by atoms with van der Waals surface area (Å²) in [5.74, 6) is 0.614. The molecule has 0 amide bonds. The maximum absolute atomic E-state index is 13.3. The number of nitrogens with zero attached hydrogens (tertiary/aromatic N) is 5. The number of hydrogen-bond acceptors (Lipinski definition) is 6. The fourth-order valence-corrected chi connectivity index (χ4v) is 3.71. The smallest absolute Gasteiger partial charge is 0.278 e. The second-order valence-corrected chi connectivity index (χ2v) is 7.86. The highest BCUT2D eigenvalue weighted by Crippen LogP contribution is 2.21. The highest BCUT2D eigenvalue weighted by molar-refractivity contribution is 5.47. The van der Waals surface area contributed by atoms with E-state index in [0.717, 1.165) is 30.5 Å². The van der Waals surface area contributed by atoms with Crippen LogP contribution in [0.25, 0.3) is 0 Å². The van der Waals surface area contributed by atoms with Crippen LogP contribution in [0.3, 0.4) is 0 Å². The Bertz CT molecular complexity index is 988. The largest absolute Gasteiger partial charge is 0.377 e. The van der Waals surface area contributed by atoms with Gasteiger partial charge in [-0.15, -0.1) is 0 Å². The normalized spacial score (nSPS) is 16.5. The number of piperidine rings is 1. The van der Waals surface area contributed by atoms with Crippen molar-refractivity contribution in [3.63, 3.8) is 0 Å². The molecule has 7 heteroatoms. The number of nitriles is 1. The minimum atomic E-state index is -0.136.